The summed E-state index contributed by atoms with van der Waals surface area (Å²) in [5.41, 5.74) is 0.685. The van der Waals surface area contributed by atoms with E-state index in [9.17, 15) is 30.8 Å². The van der Waals surface area contributed by atoms with E-state index in [0.29, 0.717) is 18.7 Å². The lowest BCUT2D eigenvalue weighted by atomic mass is 9.90. The van der Waals surface area contributed by atoms with Gasteiger partial charge < -0.3 is 9.47 Å². The number of benzene rings is 4. The average Bonchev–Trinajstić information content (AvgIpc) is 3.02. The standard InChI is InChI=1S/C35H34ClF4NO5S/c1-23(22-46-27-17-30(37)32(34(42)45-2)31(18-27)47(3,43)44)19-41(20-26-15-10-16-29(33(26)36)35(38,39)40)21-28(24-11-6-4-7-12-24)25-13-8-5-9-14-25/h4-18,23,28H,19-22H2,1-3H3/t23-/m1/s1. The number of carbonyl (C=O) groups excluding carboxylic acids is 1. The first-order valence-corrected chi connectivity index (χ1v) is 16.9. The molecule has 4 aromatic rings. The number of rotatable bonds is 13. The first kappa shape index (κ1) is 35.9. The van der Waals surface area contributed by atoms with Crippen molar-refractivity contribution >= 4 is 27.4 Å². The van der Waals surface area contributed by atoms with Crippen molar-refractivity contribution in [1.29, 1.82) is 0 Å². The fraction of sp³-hybridized carbons (Fsp3) is 0.286. The summed E-state index contributed by atoms with van der Waals surface area (Å²) in [6.07, 6.45) is -3.79. The number of esters is 1. The Balaban J connectivity index is 1.64. The summed E-state index contributed by atoms with van der Waals surface area (Å²) in [5.74, 6) is -2.79. The zero-order valence-corrected chi connectivity index (χ0v) is 27.5. The maximum atomic E-state index is 14.9. The molecule has 0 fully saturated rings. The van der Waals surface area contributed by atoms with Crippen LogP contribution >= 0.6 is 11.6 Å². The number of ether oxygens (including phenoxy) is 2. The SMILES string of the molecule is COC(=O)c1c(F)cc(OC[C@H](C)CN(Cc2cccc(C(F)(F)F)c2Cl)CC(c2ccccc2)c2ccccc2)cc1S(C)(=O)=O. The first-order chi connectivity index (χ1) is 22.2. The van der Waals surface area contributed by atoms with E-state index in [-0.39, 0.29) is 35.8 Å². The van der Waals surface area contributed by atoms with Crippen molar-refractivity contribution < 1.29 is 40.2 Å². The Bertz CT molecular complexity index is 1750. The minimum absolute atomic E-state index is 0.00558. The fourth-order valence-corrected chi connectivity index (χ4v) is 6.54. The zero-order chi connectivity index (χ0) is 34.4. The third-order valence-corrected chi connectivity index (χ3v) is 9.11. The smallest absolute Gasteiger partial charge is 0.417 e. The molecule has 0 spiro atoms. The van der Waals surface area contributed by atoms with Crippen LogP contribution in [-0.2, 0) is 27.3 Å². The van der Waals surface area contributed by atoms with E-state index in [1.165, 1.54) is 6.07 Å². The number of halogens is 5. The van der Waals surface area contributed by atoms with E-state index < -0.39 is 43.8 Å². The van der Waals surface area contributed by atoms with E-state index in [1.807, 2.05) is 72.5 Å². The summed E-state index contributed by atoms with van der Waals surface area (Å²) in [6, 6.07) is 25.3. The number of sulfone groups is 1. The molecule has 0 aliphatic carbocycles. The Labute approximate surface area is 276 Å². The summed E-state index contributed by atoms with van der Waals surface area (Å²) in [5, 5.41) is -0.376. The molecule has 0 amide bonds. The van der Waals surface area contributed by atoms with Crippen LogP contribution in [-0.4, -0.2) is 52.3 Å². The van der Waals surface area contributed by atoms with Gasteiger partial charge in [-0.1, -0.05) is 91.3 Å². The molecule has 1 atom stereocenters. The quantitative estimate of drug-likeness (QED) is 0.104. The van der Waals surface area contributed by atoms with Crippen molar-refractivity contribution in [2.45, 2.75) is 30.5 Å². The number of alkyl halides is 3. The molecular formula is C35H34ClF4NO5S. The molecule has 4 rings (SSSR count). The Morgan fingerprint density at radius 2 is 1.51 bits per heavy atom. The van der Waals surface area contributed by atoms with Crippen LogP contribution in [0.5, 0.6) is 5.75 Å². The molecule has 0 heterocycles. The number of methoxy groups -OCH3 is 1. The highest BCUT2D eigenvalue weighted by molar-refractivity contribution is 7.90. The Morgan fingerprint density at radius 1 is 0.915 bits per heavy atom. The van der Waals surface area contributed by atoms with Crippen LogP contribution in [0.4, 0.5) is 17.6 Å². The van der Waals surface area contributed by atoms with E-state index in [2.05, 4.69) is 4.74 Å². The molecule has 0 aliphatic rings. The monoisotopic (exact) mass is 691 g/mol. The highest BCUT2D eigenvalue weighted by Crippen LogP contribution is 2.37. The van der Waals surface area contributed by atoms with Crippen LogP contribution in [0.1, 0.15) is 45.5 Å². The van der Waals surface area contributed by atoms with E-state index >= 15 is 0 Å². The number of hydrogen-bond acceptors (Lipinski definition) is 6. The van der Waals surface area contributed by atoms with Gasteiger partial charge in [-0.05, 0) is 28.8 Å². The van der Waals surface area contributed by atoms with E-state index in [1.54, 1.807) is 6.07 Å². The lowest BCUT2D eigenvalue weighted by Gasteiger charge is -2.31. The molecule has 250 valence electrons. The van der Waals surface area contributed by atoms with Crippen LogP contribution in [0.15, 0.2) is 95.9 Å². The van der Waals surface area contributed by atoms with Crippen molar-refractivity contribution in [3.8, 4) is 5.75 Å². The van der Waals surface area contributed by atoms with Gasteiger partial charge in [-0.25, -0.2) is 17.6 Å². The van der Waals surface area contributed by atoms with Crippen LogP contribution in [0.25, 0.3) is 0 Å². The van der Waals surface area contributed by atoms with Gasteiger partial charge in [0.25, 0.3) is 0 Å². The summed E-state index contributed by atoms with van der Waals surface area (Å²) in [6.45, 7) is 2.66. The predicted molar refractivity (Wildman–Crippen MR) is 172 cm³/mol. The lowest BCUT2D eigenvalue weighted by Crippen LogP contribution is -2.34. The van der Waals surface area contributed by atoms with Gasteiger partial charge in [-0.15, -0.1) is 0 Å². The Morgan fingerprint density at radius 3 is 2.04 bits per heavy atom. The van der Waals surface area contributed by atoms with Crippen LogP contribution in [0.2, 0.25) is 5.02 Å². The Hall–Kier alpha value is -3.93. The second-order valence-corrected chi connectivity index (χ2v) is 13.7. The number of nitrogens with zero attached hydrogens (tertiary/aromatic N) is 1. The molecule has 4 aromatic carbocycles. The summed E-state index contributed by atoms with van der Waals surface area (Å²) >= 11 is 6.31. The van der Waals surface area contributed by atoms with Crippen molar-refractivity contribution in [2.24, 2.45) is 5.92 Å². The van der Waals surface area contributed by atoms with Gasteiger partial charge in [-0.2, -0.15) is 13.2 Å². The fourth-order valence-electron chi connectivity index (χ4n) is 5.36. The molecule has 47 heavy (non-hydrogen) atoms. The van der Waals surface area contributed by atoms with Crippen LogP contribution in [0, 0.1) is 11.7 Å². The van der Waals surface area contributed by atoms with E-state index in [0.717, 1.165) is 42.7 Å². The minimum atomic E-state index is -4.63. The molecule has 0 aliphatic heterocycles. The number of hydrogen-bond donors (Lipinski definition) is 0. The molecule has 0 saturated carbocycles. The molecule has 0 saturated heterocycles. The van der Waals surface area contributed by atoms with Gasteiger partial charge in [0.05, 0.1) is 29.2 Å². The lowest BCUT2D eigenvalue weighted by molar-refractivity contribution is -0.137. The summed E-state index contributed by atoms with van der Waals surface area (Å²) in [7, 11) is -3.02. The summed E-state index contributed by atoms with van der Waals surface area (Å²) < 4.78 is 91.1. The average molecular weight is 692 g/mol. The second-order valence-electron chi connectivity index (χ2n) is 11.3. The van der Waals surface area contributed by atoms with Crippen molar-refractivity contribution in [3.05, 3.63) is 130 Å². The van der Waals surface area contributed by atoms with Gasteiger partial charge in [0.1, 0.15) is 17.1 Å². The molecule has 0 radical (unpaired) electrons. The largest absolute Gasteiger partial charge is 0.493 e. The highest BCUT2D eigenvalue weighted by Gasteiger charge is 2.34. The zero-order valence-electron chi connectivity index (χ0n) is 25.9. The molecule has 6 nitrogen and oxygen atoms in total. The maximum absolute atomic E-state index is 14.9. The predicted octanol–water partition coefficient (Wildman–Crippen LogP) is 8.04. The normalized spacial score (nSPS) is 12.7. The van der Waals surface area contributed by atoms with Gasteiger partial charge in [0, 0.05) is 43.8 Å². The summed E-state index contributed by atoms with van der Waals surface area (Å²) in [4.78, 5) is 13.5. The number of carbonyl (C=O) groups is 1. The first-order valence-electron chi connectivity index (χ1n) is 14.6. The van der Waals surface area contributed by atoms with Crippen molar-refractivity contribution in [2.75, 3.05) is 33.1 Å². The molecular weight excluding hydrogens is 658 g/mol. The molecule has 0 unspecified atom stereocenters. The maximum Gasteiger partial charge on any atom is 0.417 e. The molecule has 0 bridgehead atoms. The van der Waals surface area contributed by atoms with Gasteiger partial charge in [0.15, 0.2) is 9.84 Å². The topological polar surface area (TPSA) is 72.9 Å². The Kier molecular flexibility index (Phi) is 11.7. The third-order valence-electron chi connectivity index (χ3n) is 7.54. The van der Waals surface area contributed by atoms with Crippen molar-refractivity contribution in [1.82, 2.24) is 4.90 Å². The van der Waals surface area contributed by atoms with Gasteiger partial charge in [0.2, 0.25) is 0 Å². The van der Waals surface area contributed by atoms with Gasteiger partial charge >= 0.3 is 12.1 Å². The van der Waals surface area contributed by atoms with Gasteiger partial charge in [-0.3, -0.25) is 4.90 Å². The highest BCUT2D eigenvalue weighted by atomic mass is 35.5. The third kappa shape index (κ3) is 9.33. The molecule has 0 aromatic heterocycles. The molecule has 0 N–H and O–H groups in total. The minimum Gasteiger partial charge on any atom is -0.493 e. The second kappa shape index (κ2) is 15.3. The van der Waals surface area contributed by atoms with Crippen LogP contribution in [0.3, 0.4) is 0 Å². The van der Waals surface area contributed by atoms with Crippen LogP contribution < -0.4 is 4.74 Å². The van der Waals surface area contributed by atoms with Crippen molar-refractivity contribution in [3.63, 3.8) is 0 Å². The van der Waals surface area contributed by atoms with E-state index in [4.69, 9.17) is 16.3 Å². The molecule has 12 heteroatoms.